The lowest BCUT2D eigenvalue weighted by Crippen LogP contribution is -2.17. The van der Waals surface area contributed by atoms with Gasteiger partial charge in [-0.1, -0.05) is 229 Å². The summed E-state index contributed by atoms with van der Waals surface area (Å²) in [4.78, 5) is 27.8. The molecule has 0 saturated carbocycles. The fourth-order valence-corrected chi connectivity index (χ4v) is 11.0. The highest BCUT2D eigenvalue weighted by atomic mass is 15.1. The lowest BCUT2D eigenvalue weighted by Gasteiger charge is -2.26. The SMILES string of the molecule is CC(C)(C)c1cc(-c2nc(-c3cc(C(C)(C)C)cc(C(C)(C)C)c3)nc(-c3cc(-c4nc(-c5ccccc5)cc(-c5ccccc5)n4)ccc3-n3c4ccc(-c5ccccc5)cc4c4cc(-c5ccccc5)ccc43)n2)cc(C(C)(C)C)c1. The summed E-state index contributed by atoms with van der Waals surface area (Å²) in [5, 5.41) is 2.28. The Morgan fingerprint density at radius 1 is 0.253 bits per heavy atom. The molecule has 0 saturated heterocycles. The summed E-state index contributed by atoms with van der Waals surface area (Å²) in [7, 11) is 0. The summed E-state index contributed by atoms with van der Waals surface area (Å²) >= 11 is 0. The number of rotatable bonds is 9. The summed E-state index contributed by atoms with van der Waals surface area (Å²) < 4.78 is 2.41. The van der Waals surface area contributed by atoms with Crippen LogP contribution < -0.4 is 0 Å². The van der Waals surface area contributed by atoms with E-state index in [4.69, 9.17) is 24.9 Å². The van der Waals surface area contributed by atoms with Crippen molar-refractivity contribution in [3.63, 3.8) is 0 Å². The van der Waals surface area contributed by atoms with Gasteiger partial charge in [0.1, 0.15) is 0 Å². The molecule has 12 aromatic rings. The van der Waals surface area contributed by atoms with Gasteiger partial charge in [-0.2, -0.15) is 0 Å². The molecule has 9 aromatic carbocycles. The largest absolute Gasteiger partial charge is 0.308 e. The van der Waals surface area contributed by atoms with Crippen LogP contribution in [-0.2, 0) is 21.7 Å². The van der Waals surface area contributed by atoms with Crippen molar-refractivity contribution in [1.82, 2.24) is 29.5 Å². The van der Waals surface area contributed by atoms with Crippen LogP contribution in [0.4, 0.5) is 0 Å². The Kier molecular flexibility index (Phi) is 13.8. The van der Waals surface area contributed by atoms with Gasteiger partial charge in [0, 0.05) is 44.2 Å². The quantitative estimate of drug-likeness (QED) is 0.144. The molecule has 0 atom stereocenters. The highest BCUT2D eigenvalue weighted by molar-refractivity contribution is 6.12. The Hall–Kier alpha value is -9.13. The van der Waals surface area contributed by atoms with E-state index in [0.29, 0.717) is 23.3 Å². The predicted octanol–water partition coefficient (Wildman–Crippen LogP) is 20.3. The number of hydrogen-bond donors (Lipinski definition) is 0. The standard InChI is InChI=1S/C77H72N6/c1-74(2,3)58-39-56(40-59(46-58)75(4,5)6)71-80-72(57-41-60(76(7,8)9)47-61(42-57)77(10,11)12)82-73(81-71)64-45-55(70-78-65(51-29-21-15-22-30-51)48-66(79-70)52-31-23-16-24-32-52)35-38-69(64)83-67-36-33-53(49-25-17-13-18-26-49)43-62(67)63-44-54(34-37-68(63)83)50-27-19-14-20-28-50/h13-48H,1-12H3. The van der Waals surface area contributed by atoms with Crippen LogP contribution in [-0.4, -0.2) is 29.5 Å². The minimum Gasteiger partial charge on any atom is -0.308 e. The number of fused-ring (bicyclic) bond motifs is 3. The topological polar surface area (TPSA) is 69.4 Å². The average Bonchev–Trinajstić information content (AvgIpc) is 2.76. The molecule has 0 amide bonds. The maximum absolute atomic E-state index is 5.72. The zero-order chi connectivity index (χ0) is 58.0. The molecule has 6 nitrogen and oxygen atoms in total. The Labute approximate surface area is 490 Å². The highest BCUT2D eigenvalue weighted by Gasteiger charge is 2.27. The molecular formula is C77H72N6. The first-order chi connectivity index (χ1) is 39.6. The smallest absolute Gasteiger partial charge is 0.166 e. The van der Waals surface area contributed by atoms with E-state index >= 15 is 0 Å². The van der Waals surface area contributed by atoms with Gasteiger partial charge in [0.05, 0.1) is 28.1 Å². The summed E-state index contributed by atoms with van der Waals surface area (Å²) in [5.41, 5.74) is 19.1. The van der Waals surface area contributed by atoms with Gasteiger partial charge >= 0.3 is 0 Å². The molecule has 3 heterocycles. The number of benzene rings is 9. The third-order valence-corrected chi connectivity index (χ3v) is 16.1. The lowest BCUT2D eigenvalue weighted by atomic mass is 9.79. The maximum atomic E-state index is 5.72. The van der Waals surface area contributed by atoms with E-state index in [2.05, 4.69) is 294 Å². The summed E-state index contributed by atoms with van der Waals surface area (Å²) in [6.07, 6.45) is 0. The Balaban J connectivity index is 1.20. The van der Waals surface area contributed by atoms with Gasteiger partial charge in [0.2, 0.25) is 0 Å². The van der Waals surface area contributed by atoms with Crippen molar-refractivity contribution >= 4 is 21.8 Å². The second-order valence-corrected chi connectivity index (χ2v) is 26.4. The highest BCUT2D eigenvalue weighted by Crippen LogP contribution is 2.43. The van der Waals surface area contributed by atoms with Crippen molar-refractivity contribution < 1.29 is 0 Å². The van der Waals surface area contributed by atoms with Crippen LogP contribution in [0.25, 0.3) is 118 Å². The Morgan fingerprint density at radius 2 is 0.590 bits per heavy atom. The Bertz CT molecular complexity index is 4060. The molecule has 0 aliphatic rings. The fourth-order valence-electron chi connectivity index (χ4n) is 11.0. The van der Waals surface area contributed by atoms with Gasteiger partial charge in [-0.05, 0) is 139 Å². The zero-order valence-electron chi connectivity index (χ0n) is 50.0. The predicted molar refractivity (Wildman–Crippen MR) is 348 cm³/mol. The second-order valence-electron chi connectivity index (χ2n) is 26.4. The minimum absolute atomic E-state index is 0.150. The molecule has 0 fully saturated rings. The molecule has 0 N–H and O–H groups in total. The number of hydrogen-bond acceptors (Lipinski definition) is 5. The monoisotopic (exact) mass is 1080 g/mol. The molecule has 0 bridgehead atoms. The van der Waals surface area contributed by atoms with Crippen LogP contribution >= 0.6 is 0 Å². The van der Waals surface area contributed by atoms with Crippen LogP contribution in [0.15, 0.2) is 218 Å². The average molecular weight is 1080 g/mol. The molecule has 0 aliphatic carbocycles. The third kappa shape index (κ3) is 11.1. The van der Waals surface area contributed by atoms with Crippen molar-refractivity contribution in [3.05, 3.63) is 241 Å². The third-order valence-electron chi connectivity index (χ3n) is 16.1. The molecular weight excluding hydrogens is 1010 g/mol. The molecule has 0 spiro atoms. The zero-order valence-corrected chi connectivity index (χ0v) is 50.0. The molecule has 12 rings (SSSR count). The van der Waals surface area contributed by atoms with E-state index in [1.54, 1.807) is 0 Å². The first-order valence-corrected chi connectivity index (χ1v) is 29.1. The molecule has 410 valence electrons. The van der Waals surface area contributed by atoms with Crippen LogP contribution in [0.1, 0.15) is 105 Å². The molecule has 0 radical (unpaired) electrons. The molecule has 0 aliphatic heterocycles. The van der Waals surface area contributed by atoms with Crippen LogP contribution in [0, 0.1) is 0 Å². The number of aromatic nitrogens is 6. The lowest BCUT2D eigenvalue weighted by molar-refractivity contribution is 0.568. The Morgan fingerprint density at radius 3 is 0.964 bits per heavy atom. The summed E-state index contributed by atoms with van der Waals surface area (Å²) in [6.45, 7) is 27.4. The van der Waals surface area contributed by atoms with Gasteiger partial charge < -0.3 is 4.57 Å². The van der Waals surface area contributed by atoms with Gasteiger partial charge in [0.15, 0.2) is 23.3 Å². The van der Waals surface area contributed by atoms with Gasteiger partial charge in [0.25, 0.3) is 0 Å². The maximum Gasteiger partial charge on any atom is 0.166 e. The van der Waals surface area contributed by atoms with E-state index in [1.165, 1.54) is 22.3 Å². The first-order valence-electron chi connectivity index (χ1n) is 29.1. The van der Waals surface area contributed by atoms with E-state index < -0.39 is 0 Å². The minimum atomic E-state index is -0.150. The van der Waals surface area contributed by atoms with E-state index in [1.807, 2.05) is 12.1 Å². The molecule has 6 heteroatoms. The van der Waals surface area contributed by atoms with Crippen LogP contribution in [0.3, 0.4) is 0 Å². The van der Waals surface area contributed by atoms with Crippen LogP contribution in [0.5, 0.6) is 0 Å². The van der Waals surface area contributed by atoms with Crippen molar-refractivity contribution in [2.45, 2.75) is 105 Å². The normalized spacial score (nSPS) is 12.3. The van der Waals surface area contributed by atoms with Crippen molar-refractivity contribution in [3.8, 4) is 96.0 Å². The van der Waals surface area contributed by atoms with Crippen molar-refractivity contribution in [2.75, 3.05) is 0 Å². The summed E-state index contributed by atoms with van der Waals surface area (Å²) in [6, 6.07) is 78.4. The second kappa shape index (κ2) is 21.0. The molecule has 3 aromatic heterocycles. The van der Waals surface area contributed by atoms with E-state index in [9.17, 15) is 0 Å². The van der Waals surface area contributed by atoms with E-state index in [0.717, 1.165) is 94.5 Å². The molecule has 0 unspecified atom stereocenters. The van der Waals surface area contributed by atoms with Crippen LogP contribution in [0.2, 0.25) is 0 Å². The van der Waals surface area contributed by atoms with Gasteiger partial charge in [-0.25, -0.2) is 24.9 Å². The van der Waals surface area contributed by atoms with E-state index in [-0.39, 0.29) is 21.7 Å². The van der Waals surface area contributed by atoms with Gasteiger partial charge in [-0.3, -0.25) is 0 Å². The summed E-state index contributed by atoms with van der Waals surface area (Å²) in [5.74, 6) is 2.34. The van der Waals surface area contributed by atoms with Gasteiger partial charge in [-0.15, -0.1) is 0 Å². The molecule has 83 heavy (non-hydrogen) atoms. The van der Waals surface area contributed by atoms with Crippen molar-refractivity contribution in [1.29, 1.82) is 0 Å². The van der Waals surface area contributed by atoms with Crippen molar-refractivity contribution in [2.24, 2.45) is 0 Å². The fraction of sp³-hybridized carbons (Fsp3) is 0.208. The number of nitrogens with zero attached hydrogens (tertiary/aromatic N) is 6. The first kappa shape index (κ1) is 54.5.